The predicted octanol–water partition coefficient (Wildman–Crippen LogP) is 22.2. The van der Waals surface area contributed by atoms with Crippen molar-refractivity contribution in [3.8, 4) is 0 Å². The van der Waals surface area contributed by atoms with E-state index in [9.17, 15) is 43.2 Å². The van der Waals surface area contributed by atoms with Crippen LogP contribution in [-0.4, -0.2) is 96.7 Å². The molecule has 0 rings (SSSR count). The first-order valence-corrected chi connectivity index (χ1v) is 41.8. The third-order valence-corrected chi connectivity index (χ3v) is 18.2. The zero-order valence-corrected chi connectivity index (χ0v) is 63.7. The Labute approximate surface area is 595 Å². The highest BCUT2D eigenvalue weighted by Gasteiger charge is 2.30. The number of phosphoric acid groups is 2. The minimum Gasteiger partial charge on any atom is -0.462 e. The molecule has 0 bridgehead atoms. The first-order valence-electron chi connectivity index (χ1n) is 38.8. The van der Waals surface area contributed by atoms with Crippen LogP contribution in [0.5, 0.6) is 0 Å². The summed E-state index contributed by atoms with van der Waals surface area (Å²) >= 11 is 0. The molecular weight excluding hydrogens is 1280 g/mol. The lowest BCUT2D eigenvalue weighted by molar-refractivity contribution is -0.161. The Morgan fingerprint density at radius 2 is 0.551 bits per heavy atom. The fourth-order valence-corrected chi connectivity index (χ4v) is 12.0. The van der Waals surface area contributed by atoms with E-state index in [1.165, 1.54) is 77.0 Å². The first-order chi connectivity index (χ1) is 47.7. The van der Waals surface area contributed by atoms with Gasteiger partial charge >= 0.3 is 39.5 Å². The summed E-state index contributed by atoms with van der Waals surface area (Å²) in [5, 5.41) is 10.6. The fourth-order valence-electron chi connectivity index (χ4n) is 10.4. The molecule has 0 amide bonds. The lowest BCUT2D eigenvalue weighted by Crippen LogP contribution is -2.30. The number of carbonyl (C=O) groups excluding carboxylic acids is 4. The van der Waals surface area contributed by atoms with Crippen molar-refractivity contribution >= 4 is 39.5 Å². The van der Waals surface area contributed by atoms with Gasteiger partial charge in [0.2, 0.25) is 0 Å². The molecule has 568 valence electrons. The van der Waals surface area contributed by atoms with Gasteiger partial charge in [0, 0.05) is 25.7 Å². The van der Waals surface area contributed by atoms with Crippen molar-refractivity contribution in [1.82, 2.24) is 0 Å². The molecule has 0 aliphatic rings. The van der Waals surface area contributed by atoms with Gasteiger partial charge in [0.05, 0.1) is 26.4 Å². The zero-order chi connectivity index (χ0) is 71.8. The molecule has 0 aromatic heterocycles. The average Bonchev–Trinajstić information content (AvgIpc) is 0.972. The molecule has 0 aromatic rings. The average molecular weight is 1420 g/mol. The number of ether oxygens (including phenoxy) is 4. The fraction of sp³-hybridized carbons (Fsp3) is 0.772. The van der Waals surface area contributed by atoms with E-state index >= 15 is 0 Å². The number of unbranched alkanes of at least 4 members (excludes halogenated alkanes) is 33. The predicted molar refractivity (Wildman–Crippen MR) is 399 cm³/mol. The lowest BCUT2D eigenvalue weighted by Gasteiger charge is -2.21. The molecule has 0 aromatic carbocycles. The molecule has 5 atom stereocenters. The van der Waals surface area contributed by atoms with Crippen LogP contribution in [-0.2, 0) is 65.4 Å². The number of aliphatic hydroxyl groups is 1. The van der Waals surface area contributed by atoms with Gasteiger partial charge in [0.25, 0.3) is 0 Å². The molecule has 0 fully saturated rings. The molecule has 5 unspecified atom stereocenters. The zero-order valence-electron chi connectivity index (χ0n) is 62.0. The van der Waals surface area contributed by atoms with Gasteiger partial charge in [-0.2, -0.15) is 0 Å². The summed E-state index contributed by atoms with van der Waals surface area (Å²) in [6.07, 6.45) is 72.8. The van der Waals surface area contributed by atoms with Gasteiger partial charge in [-0.05, 0) is 116 Å². The molecule has 98 heavy (non-hydrogen) atoms. The van der Waals surface area contributed by atoms with Crippen LogP contribution in [0.2, 0.25) is 0 Å². The topological polar surface area (TPSA) is 237 Å². The highest BCUT2D eigenvalue weighted by molar-refractivity contribution is 7.47. The number of rotatable bonds is 73. The molecule has 0 spiro atoms. The first kappa shape index (κ1) is 94.2. The van der Waals surface area contributed by atoms with E-state index in [4.69, 9.17) is 37.0 Å². The van der Waals surface area contributed by atoms with Crippen LogP contribution < -0.4 is 0 Å². The minimum absolute atomic E-state index is 0.0762. The highest BCUT2D eigenvalue weighted by atomic mass is 31.2. The van der Waals surface area contributed by atoms with Crippen molar-refractivity contribution in [3.63, 3.8) is 0 Å². The Kier molecular flexibility index (Phi) is 68.9. The number of hydrogen-bond acceptors (Lipinski definition) is 15. The Balaban J connectivity index is 5.31. The summed E-state index contributed by atoms with van der Waals surface area (Å²) in [5.74, 6) is -2.19. The van der Waals surface area contributed by atoms with Crippen molar-refractivity contribution in [1.29, 1.82) is 0 Å². The van der Waals surface area contributed by atoms with E-state index in [0.717, 1.165) is 180 Å². The van der Waals surface area contributed by atoms with E-state index in [-0.39, 0.29) is 25.7 Å². The van der Waals surface area contributed by atoms with Crippen LogP contribution in [0, 0.1) is 0 Å². The van der Waals surface area contributed by atoms with Gasteiger partial charge in [0.15, 0.2) is 12.2 Å². The van der Waals surface area contributed by atoms with Crippen molar-refractivity contribution in [2.24, 2.45) is 0 Å². The van der Waals surface area contributed by atoms with E-state index in [1.54, 1.807) is 0 Å². The van der Waals surface area contributed by atoms with E-state index in [1.807, 2.05) is 0 Å². The van der Waals surface area contributed by atoms with Crippen molar-refractivity contribution in [2.75, 3.05) is 39.6 Å². The molecule has 17 nitrogen and oxygen atoms in total. The maximum absolute atomic E-state index is 13.1. The quantitative estimate of drug-likeness (QED) is 0.0169. The van der Waals surface area contributed by atoms with E-state index in [0.29, 0.717) is 25.7 Å². The lowest BCUT2D eigenvalue weighted by atomic mass is 10.1. The standard InChI is InChI=1S/C79H140O17P2/c1-5-9-13-17-21-25-29-32-34-35-36-37-39-42-45-48-52-56-60-64-77(82)90-70-75(96-79(84)66-62-58-54-50-46-40-31-27-23-19-15-11-7-3)72-94-98(87,88)92-68-73(80)67-91-97(85,86)93-71-74(95-78(83)65-61-57-53-49-43-28-24-20-16-12-8-4)69-89-76(81)63-59-55-51-47-44-41-38-33-30-26-22-18-14-10-6-2/h9,13,15,19,21,25,27,31-34,36-38,73-75,80H,5-8,10-12,14,16-18,20,22-24,26,28-30,35,39-72H2,1-4H3,(H,85,86)(H,87,88)/b13-9-,19-15-,25-21-,31-27-,34-32-,37-36-,38-33-. The van der Waals surface area contributed by atoms with Gasteiger partial charge in [-0.25, -0.2) is 9.13 Å². The maximum atomic E-state index is 13.1. The molecule has 0 aliphatic carbocycles. The summed E-state index contributed by atoms with van der Waals surface area (Å²) < 4.78 is 68.5. The second-order valence-corrected chi connectivity index (χ2v) is 28.8. The summed E-state index contributed by atoms with van der Waals surface area (Å²) in [7, 11) is -9.95. The monoisotopic (exact) mass is 1420 g/mol. The maximum Gasteiger partial charge on any atom is 0.472 e. The third-order valence-electron chi connectivity index (χ3n) is 16.3. The largest absolute Gasteiger partial charge is 0.472 e. The van der Waals surface area contributed by atoms with Crippen LogP contribution in [0.1, 0.15) is 336 Å². The Hall–Kier alpha value is -3.76. The van der Waals surface area contributed by atoms with Crippen LogP contribution in [0.3, 0.4) is 0 Å². The molecule has 0 heterocycles. The number of phosphoric ester groups is 2. The van der Waals surface area contributed by atoms with Crippen LogP contribution in [0.25, 0.3) is 0 Å². The van der Waals surface area contributed by atoms with Crippen LogP contribution in [0.4, 0.5) is 0 Å². The minimum atomic E-state index is -4.98. The number of hydrogen-bond donors (Lipinski definition) is 3. The Morgan fingerprint density at radius 1 is 0.296 bits per heavy atom. The van der Waals surface area contributed by atoms with Gasteiger partial charge in [-0.1, -0.05) is 280 Å². The second-order valence-electron chi connectivity index (χ2n) is 25.9. The van der Waals surface area contributed by atoms with Crippen LogP contribution in [0.15, 0.2) is 85.1 Å². The SMILES string of the molecule is CC/C=C\C/C=C\C/C=C\C/C=C\CCCCCCCCC(=O)OCC(COP(=O)(O)OCC(O)COP(=O)(O)OCC(COC(=O)CCCCCCC/C=C\CCCCCCCC)OC(=O)CCCCCCCCCCCCC)OC(=O)CCCCCCC/C=C\C/C=C\CCC. The van der Waals surface area contributed by atoms with Gasteiger partial charge in [-0.3, -0.25) is 37.3 Å². The summed E-state index contributed by atoms with van der Waals surface area (Å²) in [5.41, 5.74) is 0. The Morgan fingerprint density at radius 3 is 0.867 bits per heavy atom. The summed E-state index contributed by atoms with van der Waals surface area (Å²) in [6, 6.07) is 0. The number of allylic oxidation sites excluding steroid dienone is 14. The third kappa shape index (κ3) is 70.7. The molecule has 19 heteroatoms. The molecule has 0 aliphatic heterocycles. The van der Waals surface area contributed by atoms with Crippen molar-refractivity contribution < 1.29 is 80.2 Å². The summed E-state index contributed by atoms with van der Waals surface area (Å²) in [4.78, 5) is 72.8. The normalized spacial score (nSPS) is 14.4. The molecule has 0 radical (unpaired) electrons. The highest BCUT2D eigenvalue weighted by Crippen LogP contribution is 2.45. The van der Waals surface area contributed by atoms with Crippen LogP contribution >= 0.6 is 15.6 Å². The van der Waals surface area contributed by atoms with Crippen molar-refractivity contribution in [3.05, 3.63) is 85.1 Å². The molecule has 0 saturated carbocycles. The molecule has 0 saturated heterocycles. The molecule has 3 N–H and O–H groups in total. The second kappa shape index (κ2) is 71.6. The van der Waals surface area contributed by atoms with Gasteiger partial charge in [0.1, 0.15) is 19.3 Å². The summed E-state index contributed by atoms with van der Waals surface area (Å²) in [6.45, 7) is 4.68. The smallest absolute Gasteiger partial charge is 0.462 e. The number of carbonyl (C=O) groups is 4. The van der Waals surface area contributed by atoms with Crippen molar-refractivity contribution in [2.45, 2.75) is 354 Å². The van der Waals surface area contributed by atoms with Gasteiger partial charge in [-0.15, -0.1) is 0 Å². The van der Waals surface area contributed by atoms with Gasteiger partial charge < -0.3 is 33.8 Å². The Bertz CT molecular complexity index is 2190. The number of esters is 4. The number of aliphatic hydroxyl groups excluding tert-OH is 1. The molecular formula is C79H140O17P2. The van der Waals surface area contributed by atoms with E-state index < -0.39 is 97.5 Å². The van der Waals surface area contributed by atoms with E-state index in [2.05, 4.69) is 113 Å².